The molecule has 0 aromatic heterocycles. The molecule has 148 valence electrons. The number of benzene rings is 1. The number of nitrogens with one attached hydrogen (secondary N) is 1. The van der Waals surface area contributed by atoms with Gasteiger partial charge in [-0.3, -0.25) is 14.5 Å². The van der Waals surface area contributed by atoms with Gasteiger partial charge in [0.25, 0.3) is 0 Å². The second kappa shape index (κ2) is 10.3. The van der Waals surface area contributed by atoms with Gasteiger partial charge < -0.3 is 10.2 Å². The molecule has 5 nitrogen and oxygen atoms in total. The van der Waals surface area contributed by atoms with Crippen LogP contribution in [0.15, 0.2) is 30.0 Å². The Morgan fingerprint density at radius 2 is 1.93 bits per heavy atom. The second-order valence-corrected chi connectivity index (χ2v) is 7.45. The number of likely N-dealkylation sites (N-methyl/N-ethyl adjacent to an activating group) is 1. The fourth-order valence-electron chi connectivity index (χ4n) is 3.41. The largest absolute Gasteiger partial charge is 0.325 e. The Balaban J connectivity index is 1.91. The molecule has 0 radical (unpaired) electrons. The lowest BCUT2D eigenvalue weighted by molar-refractivity contribution is -0.130. The highest BCUT2D eigenvalue weighted by molar-refractivity contribution is 5.93. The Bertz CT molecular complexity index is 697. The second-order valence-electron chi connectivity index (χ2n) is 7.45. The van der Waals surface area contributed by atoms with Crippen molar-refractivity contribution in [3.63, 3.8) is 0 Å². The minimum atomic E-state index is -0.0991. The molecular weight excluding hydrogens is 338 g/mol. The SMILES string of the molecule is CCCN(C(=O)CN(C)CC(=O)Nc1cccc(C)c1C)C1=CCCCC1. The summed E-state index contributed by atoms with van der Waals surface area (Å²) in [4.78, 5) is 28.9. The lowest BCUT2D eigenvalue weighted by Gasteiger charge is -2.29. The Morgan fingerprint density at radius 3 is 2.59 bits per heavy atom. The van der Waals surface area contributed by atoms with Crippen molar-refractivity contribution < 1.29 is 9.59 Å². The number of anilines is 1. The zero-order valence-electron chi connectivity index (χ0n) is 17.2. The van der Waals surface area contributed by atoms with Gasteiger partial charge in [-0.1, -0.05) is 25.1 Å². The number of hydrogen-bond acceptors (Lipinski definition) is 3. The van der Waals surface area contributed by atoms with Gasteiger partial charge in [-0.2, -0.15) is 0 Å². The minimum absolute atomic E-state index is 0.0760. The van der Waals surface area contributed by atoms with E-state index in [1.807, 2.05) is 44.0 Å². The smallest absolute Gasteiger partial charge is 0.240 e. The van der Waals surface area contributed by atoms with Crippen LogP contribution in [0.25, 0.3) is 0 Å². The Labute approximate surface area is 163 Å². The van der Waals surface area contributed by atoms with E-state index in [0.29, 0.717) is 0 Å². The van der Waals surface area contributed by atoms with Crippen LogP contribution >= 0.6 is 0 Å². The van der Waals surface area contributed by atoms with Crippen molar-refractivity contribution in [2.75, 3.05) is 32.0 Å². The third kappa shape index (κ3) is 6.21. The number of rotatable bonds is 8. The van der Waals surface area contributed by atoms with Gasteiger partial charge in [0.15, 0.2) is 0 Å². The van der Waals surface area contributed by atoms with Crippen LogP contribution in [0.3, 0.4) is 0 Å². The quantitative estimate of drug-likeness (QED) is 0.755. The Hall–Kier alpha value is -2.14. The maximum atomic E-state index is 12.8. The number of allylic oxidation sites excluding steroid dienone is 2. The third-order valence-corrected chi connectivity index (χ3v) is 5.06. The van der Waals surface area contributed by atoms with Crippen LogP contribution in [0, 0.1) is 13.8 Å². The highest BCUT2D eigenvalue weighted by atomic mass is 16.2. The summed E-state index contributed by atoms with van der Waals surface area (Å²) in [7, 11) is 1.82. The van der Waals surface area contributed by atoms with E-state index in [1.165, 1.54) is 6.42 Å². The van der Waals surface area contributed by atoms with Crippen LogP contribution < -0.4 is 5.32 Å². The van der Waals surface area contributed by atoms with E-state index in [4.69, 9.17) is 0 Å². The summed E-state index contributed by atoms with van der Waals surface area (Å²) in [6.45, 7) is 7.30. The third-order valence-electron chi connectivity index (χ3n) is 5.06. The van der Waals surface area contributed by atoms with Crippen molar-refractivity contribution in [1.82, 2.24) is 9.80 Å². The van der Waals surface area contributed by atoms with Crippen molar-refractivity contribution in [3.8, 4) is 0 Å². The summed E-state index contributed by atoms with van der Waals surface area (Å²) < 4.78 is 0. The average molecular weight is 372 g/mol. The van der Waals surface area contributed by atoms with Gasteiger partial charge in [-0.05, 0) is 70.2 Å². The van der Waals surface area contributed by atoms with Crippen LogP contribution in [0.5, 0.6) is 0 Å². The summed E-state index contributed by atoms with van der Waals surface area (Å²) in [5.41, 5.74) is 4.20. The molecule has 27 heavy (non-hydrogen) atoms. The molecule has 2 rings (SSSR count). The van der Waals surface area contributed by atoms with Crippen molar-refractivity contribution in [2.45, 2.75) is 52.9 Å². The van der Waals surface area contributed by atoms with E-state index in [9.17, 15) is 9.59 Å². The van der Waals surface area contributed by atoms with Crippen molar-refractivity contribution >= 4 is 17.5 Å². The fourth-order valence-corrected chi connectivity index (χ4v) is 3.41. The van der Waals surface area contributed by atoms with Crippen LogP contribution in [0.2, 0.25) is 0 Å². The standard InChI is InChI=1S/C22H33N3O2/c1-5-14-25(19-11-7-6-8-12-19)22(27)16-24(4)15-21(26)23-20-13-9-10-17(2)18(20)3/h9-11,13H,5-8,12,14-16H2,1-4H3,(H,23,26). The van der Waals surface area contributed by atoms with Crippen LogP contribution in [-0.2, 0) is 9.59 Å². The molecular formula is C22H33N3O2. The molecule has 0 fully saturated rings. The number of amides is 2. The molecule has 5 heteroatoms. The van der Waals surface area contributed by atoms with Crippen molar-refractivity contribution in [3.05, 3.63) is 41.1 Å². The number of hydrogen-bond donors (Lipinski definition) is 1. The summed E-state index contributed by atoms with van der Waals surface area (Å²) in [5, 5.41) is 2.96. The predicted molar refractivity (Wildman–Crippen MR) is 111 cm³/mol. The first-order valence-corrected chi connectivity index (χ1v) is 9.96. The van der Waals surface area contributed by atoms with E-state index in [1.54, 1.807) is 4.90 Å². The van der Waals surface area contributed by atoms with Crippen LogP contribution in [0.4, 0.5) is 5.69 Å². The maximum absolute atomic E-state index is 12.8. The topological polar surface area (TPSA) is 52.7 Å². The van der Waals surface area contributed by atoms with Crippen LogP contribution in [0.1, 0.15) is 50.2 Å². The van der Waals surface area contributed by atoms with E-state index in [0.717, 1.165) is 54.7 Å². The molecule has 1 aromatic carbocycles. The van der Waals surface area contributed by atoms with Gasteiger partial charge >= 0.3 is 0 Å². The number of carbonyl (C=O) groups excluding carboxylic acids is 2. The van der Waals surface area contributed by atoms with E-state index < -0.39 is 0 Å². The lowest BCUT2D eigenvalue weighted by atomic mass is 10.0. The molecule has 2 amide bonds. The predicted octanol–water partition coefficient (Wildman–Crippen LogP) is 3.87. The van der Waals surface area contributed by atoms with Crippen LogP contribution in [-0.4, -0.2) is 48.3 Å². The molecule has 1 aromatic rings. The summed E-state index contributed by atoms with van der Waals surface area (Å²) >= 11 is 0. The molecule has 0 saturated heterocycles. The van der Waals surface area contributed by atoms with Gasteiger partial charge in [-0.25, -0.2) is 0 Å². The molecule has 1 aliphatic rings. The van der Waals surface area contributed by atoms with E-state index >= 15 is 0 Å². The van der Waals surface area contributed by atoms with Gasteiger partial charge in [-0.15, -0.1) is 0 Å². The summed E-state index contributed by atoms with van der Waals surface area (Å²) in [5.74, 6) is -0.0232. The first kappa shape index (κ1) is 21.2. The van der Waals surface area contributed by atoms with Crippen molar-refractivity contribution in [2.24, 2.45) is 0 Å². The molecule has 1 N–H and O–H groups in total. The number of carbonyl (C=O) groups is 2. The molecule has 1 aliphatic carbocycles. The molecule has 0 atom stereocenters. The van der Waals surface area contributed by atoms with Gasteiger partial charge in [0, 0.05) is 17.9 Å². The number of aryl methyl sites for hydroxylation is 1. The summed E-state index contributed by atoms with van der Waals surface area (Å²) in [6.07, 6.45) is 7.51. The fraction of sp³-hybridized carbons (Fsp3) is 0.545. The van der Waals surface area contributed by atoms with Gasteiger partial charge in [0.2, 0.25) is 11.8 Å². The highest BCUT2D eigenvalue weighted by Gasteiger charge is 2.21. The average Bonchev–Trinajstić information content (AvgIpc) is 2.64. The monoisotopic (exact) mass is 371 g/mol. The molecule has 0 unspecified atom stereocenters. The zero-order chi connectivity index (χ0) is 19.8. The first-order valence-electron chi connectivity index (χ1n) is 9.96. The van der Waals surface area contributed by atoms with Crippen molar-refractivity contribution in [1.29, 1.82) is 0 Å². The van der Waals surface area contributed by atoms with Gasteiger partial charge in [0.1, 0.15) is 0 Å². The molecule has 0 spiro atoms. The minimum Gasteiger partial charge on any atom is -0.325 e. The van der Waals surface area contributed by atoms with Gasteiger partial charge in [0.05, 0.1) is 13.1 Å². The Morgan fingerprint density at radius 1 is 1.15 bits per heavy atom. The molecule has 0 heterocycles. The lowest BCUT2D eigenvalue weighted by Crippen LogP contribution is -2.41. The molecule has 0 bridgehead atoms. The highest BCUT2D eigenvalue weighted by Crippen LogP contribution is 2.21. The molecule has 0 aliphatic heterocycles. The normalized spacial score (nSPS) is 14.0. The first-order chi connectivity index (χ1) is 12.9. The van der Waals surface area contributed by atoms with E-state index in [2.05, 4.69) is 18.3 Å². The molecule has 0 saturated carbocycles. The zero-order valence-corrected chi connectivity index (χ0v) is 17.2. The van der Waals surface area contributed by atoms with E-state index in [-0.39, 0.29) is 24.9 Å². The Kier molecular flexibility index (Phi) is 8.04. The number of nitrogens with zero attached hydrogens (tertiary/aromatic N) is 2. The summed E-state index contributed by atoms with van der Waals surface area (Å²) in [6, 6.07) is 5.87. The maximum Gasteiger partial charge on any atom is 0.240 e.